The number of halogens is 3. The first-order chi connectivity index (χ1) is 8.19. The molecule has 102 valence electrons. The van der Waals surface area contributed by atoms with Gasteiger partial charge in [0.1, 0.15) is 0 Å². The van der Waals surface area contributed by atoms with Gasteiger partial charge in [0, 0.05) is 12.5 Å². The van der Waals surface area contributed by atoms with Gasteiger partial charge in [0.25, 0.3) is 0 Å². The molecule has 3 nitrogen and oxygen atoms in total. The first kappa shape index (κ1) is 14.9. The summed E-state index contributed by atoms with van der Waals surface area (Å²) in [5.41, 5.74) is 11.4. The standard InChI is InChI=1S/C12H16F3NO2/c1-7-5-10(18-12(13,14)15)4-3-9(7)6-11(16)8(2)17/h7-8,11,17H,5-6,16H2,1-2H3/t7?,8?,11-/m1/s1. The molecule has 3 N–H and O–H groups in total. The Kier molecular flexibility index (Phi) is 4.65. The van der Waals surface area contributed by atoms with Crippen LogP contribution in [-0.4, -0.2) is 23.6 Å². The maximum atomic E-state index is 12.0. The Balaban J connectivity index is 2.83. The van der Waals surface area contributed by atoms with E-state index in [1.165, 1.54) is 0 Å². The topological polar surface area (TPSA) is 55.5 Å². The van der Waals surface area contributed by atoms with E-state index in [4.69, 9.17) is 5.73 Å². The third-order valence-corrected chi connectivity index (χ3v) is 2.76. The molecule has 0 radical (unpaired) electrons. The van der Waals surface area contributed by atoms with E-state index < -0.39 is 18.5 Å². The van der Waals surface area contributed by atoms with Gasteiger partial charge in [0.15, 0.2) is 5.76 Å². The van der Waals surface area contributed by atoms with Crippen molar-refractivity contribution in [3.63, 3.8) is 0 Å². The van der Waals surface area contributed by atoms with Gasteiger partial charge in [-0.2, -0.15) is 0 Å². The summed E-state index contributed by atoms with van der Waals surface area (Å²) in [6.07, 6.45) is -4.89. The summed E-state index contributed by atoms with van der Waals surface area (Å²) in [7, 11) is 0. The van der Waals surface area contributed by atoms with E-state index in [-0.39, 0.29) is 18.1 Å². The fraction of sp³-hybridized carbons (Fsp3) is 0.667. The second-order valence-electron chi connectivity index (χ2n) is 4.46. The molecule has 0 saturated heterocycles. The zero-order valence-electron chi connectivity index (χ0n) is 10.2. The number of aliphatic hydroxyl groups excluding tert-OH is 1. The SMILES string of the molecule is CC1CC(OC(F)(F)F)=C=C=C1C[C@@H](N)C(C)O. The van der Waals surface area contributed by atoms with Gasteiger partial charge in [0.05, 0.1) is 6.10 Å². The van der Waals surface area contributed by atoms with Crippen molar-refractivity contribution >= 4 is 0 Å². The molecule has 0 fully saturated rings. The fourth-order valence-electron chi connectivity index (χ4n) is 1.61. The van der Waals surface area contributed by atoms with Crippen LogP contribution in [0.15, 0.2) is 22.8 Å². The molecule has 1 aliphatic rings. The molecule has 3 atom stereocenters. The lowest BCUT2D eigenvalue weighted by molar-refractivity contribution is -0.306. The molecule has 1 rings (SSSR count). The Morgan fingerprint density at radius 2 is 2.11 bits per heavy atom. The zero-order chi connectivity index (χ0) is 13.9. The van der Waals surface area contributed by atoms with Gasteiger partial charge in [-0.1, -0.05) is 12.7 Å². The number of aliphatic hydroxyl groups is 1. The highest BCUT2D eigenvalue weighted by molar-refractivity contribution is 5.15. The smallest absolute Gasteiger partial charge is 0.401 e. The van der Waals surface area contributed by atoms with E-state index in [0.717, 1.165) is 5.57 Å². The van der Waals surface area contributed by atoms with Crippen molar-refractivity contribution < 1.29 is 23.0 Å². The highest BCUT2D eigenvalue weighted by Crippen LogP contribution is 2.29. The van der Waals surface area contributed by atoms with Gasteiger partial charge >= 0.3 is 6.36 Å². The highest BCUT2D eigenvalue weighted by atomic mass is 19.4. The van der Waals surface area contributed by atoms with E-state index >= 15 is 0 Å². The zero-order valence-corrected chi connectivity index (χ0v) is 10.2. The monoisotopic (exact) mass is 263 g/mol. The molecule has 0 aromatic heterocycles. The largest absolute Gasteiger partial charge is 0.573 e. The number of alkyl halides is 3. The number of rotatable bonds is 4. The molecule has 0 amide bonds. The van der Waals surface area contributed by atoms with Gasteiger partial charge < -0.3 is 15.6 Å². The minimum absolute atomic E-state index is 0.106. The van der Waals surface area contributed by atoms with E-state index in [9.17, 15) is 18.3 Å². The predicted octanol–water partition coefficient (Wildman–Crippen LogP) is 2.23. The molecule has 0 heterocycles. The predicted molar refractivity (Wildman–Crippen MR) is 59.2 cm³/mol. The quantitative estimate of drug-likeness (QED) is 0.765. The normalized spacial score (nSPS) is 23.2. The van der Waals surface area contributed by atoms with Crippen molar-refractivity contribution in [1.29, 1.82) is 0 Å². The fourth-order valence-corrected chi connectivity index (χ4v) is 1.61. The van der Waals surface area contributed by atoms with E-state index in [1.807, 2.05) is 0 Å². The minimum Gasteiger partial charge on any atom is -0.401 e. The molecule has 0 aromatic carbocycles. The van der Waals surface area contributed by atoms with Crippen LogP contribution in [0.5, 0.6) is 0 Å². The Bertz CT molecular complexity index is 402. The minimum atomic E-state index is -4.70. The summed E-state index contributed by atoms with van der Waals surface area (Å²) in [6.45, 7) is 3.33. The number of allylic oxidation sites excluding steroid dienone is 1. The van der Waals surface area contributed by atoms with E-state index in [1.54, 1.807) is 13.8 Å². The lowest BCUT2D eigenvalue weighted by Crippen LogP contribution is -2.33. The summed E-state index contributed by atoms with van der Waals surface area (Å²) in [6, 6.07) is -0.457. The maximum absolute atomic E-state index is 12.0. The summed E-state index contributed by atoms with van der Waals surface area (Å²) < 4.78 is 39.8. The van der Waals surface area contributed by atoms with Gasteiger partial charge in [-0.25, -0.2) is 0 Å². The molecule has 0 aromatic rings. The van der Waals surface area contributed by atoms with Crippen molar-refractivity contribution in [2.75, 3.05) is 0 Å². The molecule has 0 aliphatic heterocycles. The van der Waals surface area contributed by atoms with Crippen molar-refractivity contribution in [3.05, 3.63) is 22.8 Å². The van der Waals surface area contributed by atoms with Crippen LogP contribution in [0.4, 0.5) is 13.2 Å². The first-order valence-electron chi connectivity index (χ1n) is 5.62. The molecule has 0 bridgehead atoms. The Morgan fingerprint density at radius 1 is 1.50 bits per heavy atom. The Hall–Kier alpha value is -1.19. The molecule has 18 heavy (non-hydrogen) atoms. The van der Waals surface area contributed by atoms with Crippen LogP contribution >= 0.6 is 0 Å². The summed E-state index contributed by atoms with van der Waals surface area (Å²) >= 11 is 0. The van der Waals surface area contributed by atoms with Gasteiger partial charge in [0.2, 0.25) is 0 Å². The summed E-state index contributed by atoms with van der Waals surface area (Å²) in [5, 5.41) is 9.28. The van der Waals surface area contributed by atoms with E-state index in [0.29, 0.717) is 6.42 Å². The van der Waals surface area contributed by atoms with Crippen molar-refractivity contribution in [3.8, 4) is 0 Å². The van der Waals surface area contributed by atoms with Crippen LogP contribution in [0.3, 0.4) is 0 Å². The Morgan fingerprint density at radius 3 is 2.56 bits per heavy atom. The number of hydrogen-bond donors (Lipinski definition) is 2. The van der Waals surface area contributed by atoms with Crippen LogP contribution in [-0.2, 0) is 4.74 Å². The summed E-state index contributed by atoms with van der Waals surface area (Å²) in [4.78, 5) is 0. The first-order valence-corrected chi connectivity index (χ1v) is 5.62. The lowest BCUT2D eigenvalue weighted by atomic mass is 9.89. The van der Waals surface area contributed by atoms with Gasteiger partial charge in [-0.15, -0.1) is 13.2 Å². The Labute approximate surface area is 103 Å². The highest BCUT2D eigenvalue weighted by Gasteiger charge is 2.33. The van der Waals surface area contributed by atoms with Crippen LogP contribution in [0.25, 0.3) is 0 Å². The second kappa shape index (κ2) is 5.63. The summed E-state index contributed by atoms with van der Waals surface area (Å²) in [5.74, 6) is -0.433. The van der Waals surface area contributed by atoms with Crippen LogP contribution in [0.2, 0.25) is 0 Å². The average Bonchev–Trinajstić information content (AvgIpc) is 2.19. The van der Waals surface area contributed by atoms with Crippen LogP contribution < -0.4 is 5.73 Å². The lowest BCUT2D eigenvalue weighted by Gasteiger charge is -2.22. The third kappa shape index (κ3) is 4.59. The van der Waals surface area contributed by atoms with E-state index in [2.05, 4.69) is 16.2 Å². The van der Waals surface area contributed by atoms with Crippen LogP contribution in [0.1, 0.15) is 26.7 Å². The van der Waals surface area contributed by atoms with Gasteiger partial charge in [-0.3, -0.25) is 0 Å². The van der Waals surface area contributed by atoms with Crippen molar-refractivity contribution in [2.24, 2.45) is 11.7 Å². The second-order valence-corrected chi connectivity index (χ2v) is 4.46. The molecule has 0 spiro atoms. The number of nitrogens with two attached hydrogens (primary N) is 1. The van der Waals surface area contributed by atoms with Crippen LogP contribution in [0, 0.1) is 5.92 Å². The average molecular weight is 263 g/mol. The molecular weight excluding hydrogens is 247 g/mol. The molecular formula is C12H16F3NO2. The van der Waals surface area contributed by atoms with Crippen molar-refractivity contribution in [2.45, 2.75) is 45.2 Å². The molecule has 6 heteroatoms. The molecule has 0 saturated carbocycles. The maximum Gasteiger partial charge on any atom is 0.573 e. The third-order valence-electron chi connectivity index (χ3n) is 2.76. The van der Waals surface area contributed by atoms with Crippen molar-refractivity contribution in [1.82, 2.24) is 0 Å². The number of hydrogen-bond acceptors (Lipinski definition) is 3. The van der Waals surface area contributed by atoms with Gasteiger partial charge in [-0.05, 0) is 30.6 Å². The number of ether oxygens (including phenoxy) is 1. The molecule has 1 aliphatic carbocycles. The molecule has 2 unspecified atom stereocenters.